The van der Waals surface area contributed by atoms with Gasteiger partial charge >= 0.3 is 0 Å². The molecule has 2 unspecified atom stereocenters. The predicted molar refractivity (Wildman–Crippen MR) is 205 cm³/mol. The summed E-state index contributed by atoms with van der Waals surface area (Å²) in [5, 5.41) is 12.0. The molecule has 8 aromatic rings. The molecule has 0 radical (unpaired) electrons. The molecule has 1 aliphatic carbocycles. The molecule has 0 saturated carbocycles. The molecule has 7 aromatic carbocycles. The molecular formula is C46H35N3O. The molecule has 50 heavy (non-hydrogen) atoms. The molecular weight excluding hydrogens is 611 g/mol. The number of amidine groups is 1. The van der Waals surface area contributed by atoms with Crippen LogP contribution in [0.15, 0.2) is 161 Å². The molecule has 0 fully saturated rings. The number of rotatable bonds is 4. The molecule has 4 heteroatoms. The van der Waals surface area contributed by atoms with E-state index in [2.05, 4.69) is 170 Å². The fourth-order valence-electron chi connectivity index (χ4n) is 8.11. The summed E-state index contributed by atoms with van der Waals surface area (Å²) < 4.78 is 6.59. The Labute approximate surface area is 291 Å². The summed E-state index contributed by atoms with van der Waals surface area (Å²) >= 11 is 0. The third-order valence-electron chi connectivity index (χ3n) is 10.8. The lowest BCUT2D eigenvalue weighted by Gasteiger charge is -2.32. The van der Waals surface area contributed by atoms with Gasteiger partial charge in [-0.05, 0) is 80.2 Å². The first-order chi connectivity index (χ1) is 24.5. The minimum Gasteiger partial charge on any atom is -0.455 e. The van der Waals surface area contributed by atoms with E-state index in [1.807, 2.05) is 6.07 Å². The Morgan fingerprint density at radius 3 is 2.14 bits per heavy atom. The number of nitrogens with one attached hydrogen (secondary N) is 2. The number of hydrogen-bond donors (Lipinski definition) is 2. The van der Waals surface area contributed by atoms with Crippen molar-refractivity contribution in [3.8, 4) is 22.3 Å². The molecule has 2 atom stereocenters. The van der Waals surface area contributed by atoms with E-state index >= 15 is 0 Å². The van der Waals surface area contributed by atoms with Gasteiger partial charge in [0.25, 0.3) is 0 Å². The molecule has 240 valence electrons. The maximum atomic E-state index is 6.59. The first-order valence-corrected chi connectivity index (χ1v) is 17.4. The average Bonchev–Trinajstić information content (AvgIpc) is 3.66. The molecule has 1 aromatic heterocycles. The molecule has 1 aliphatic heterocycles. The second kappa shape index (κ2) is 11.0. The first-order valence-electron chi connectivity index (χ1n) is 17.4. The van der Waals surface area contributed by atoms with Crippen molar-refractivity contribution in [2.75, 3.05) is 0 Å². The van der Waals surface area contributed by atoms with Gasteiger partial charge in [-0.1, -0.05) is 135 Å². The topological polar surface area (TPSA) is 49.6 Å². The fourth-order valence-corrected chi connectivity index (χ4v) is 8.11. The Kier molecular flexibility index (Phi) is 6.39. The summed E-state index contributed by atoms with van der Waals surface area (Å²) in [6.45, 7) is 4.65. The zero-order chi connectivity index (χ0) is 33.4. The van der Waals surface area contributed by atoms with Gasteiger partial charge in [0.2, 0.25) is 0 Å². The first kappa shape index (κ1) is 29.0. The van der Waals surface area contributed by atoms with Crippen LogP contribution in [0.25, 0.3) is 55.0 Å². The molecule has 0 saturated heterocycles. The van der Waals surface area contributed by atoms with Crippen molar-refractivity contribution in [2.24, 2.45) is 4.99 Å². The number of fused-ring (bicyclic) bond motifs is 8. The van der Waals surface area contributed by atoms with Gasteiger partial charge < -0.3 is 9.73 Å². The van der Waals surface area contributed by atoms with Gasteiger partial charge in [0, 0.05) is 27.1 Å². The molecule has 0 amide bonds. The summed E-state index contributed by atoms with van der Waals surface area (Å²) in [5.74, 6) is 0.888. The summed E-state index contributed by atoms with van der Waals surface area (Å²) in [4.78, 5) is 5.33. The number of benzene rings is 7. The molecule has 2 N–H and O–H groups in total. The maximum Gasteiger partial charge on any atom is 0.143 e. The van der Waals surface area contributed by atoms with Gasteiger partial charge in [0.05, 0.1) is 0 Å². The van der Waals surface area contributed by atoms with E-state index in [1.54, 1.807) is 0 Å². The van der Waals surface area contributed by atoms with Crippen LogP contribution >= 0.6 is 0 Å². The van der Waals surface area contributed by atoms with Crippen LogP contribution in [-0.2, 0) is 5.41 Å². The van der Waals surface area contributed by atoms with Gasteiger partial charge in [-0.2, -0.15) is 0 Å². The number of hydrogen-bond acceptors (Lipinski definition) is 4. The van der Waals surface area contributed by atoms with Crippen LogP contribution < -0.4 is 10.6 Å². The number of furan rings is 1. The average molecular weight is 646 g/mol. The molecule has 10 rings (SSSR count). The van der Waals surface area contributed by atoms with Gasteiger partial charge in [0.1, 0.15) is 29.3 Å². The van der Waals surface area contributed by atoms with Gasteiger partial charge in [-0.15, -0.1) is 0 Å². The monoisotopic (exact) mass is 645 g/mol. The standard InChI is InChI=1S/C46H35N3O/c1-46(2)39-16-10-9-15-35(39)36-22-20-33(26-40(36)46)45-48-43(29-13-7-4-8-14-29)47-44(49-45)32-19-21-34-31(25-32)18-24-38-37-23-17-30(27-41(37)50-42(34)38)28-11-5-3-6-12-28/h3-27,43-44,47H,1-2H3,(H,48,49). The van der Waals surface area contributed by atoms with E-state index in [4.69, 9.17) is 9.41 Å². The highest BCUT2D eigenvalue weighted by molar-refractivity contribution is 6.15. The van der Waals surface area contributed by atoms with Crippen molar-refractivity contribution in [2.45, 2.75) is 31.6 Å². The van der Waals surface area contributed by atoms with Crippen LogP contribution in [0.1, 0.15) is 54.0 Å². The minimum absolute atomic E-state index is 0.0862. The number of aliphatic imine (C=N–C) groups is 1. The third kappa shape index (κ3) is 4.53. The van der Waals surface area contributed by atoms with E-state index in [1.165, 1.54) is 33.4 Å². The quantitative estimate of drug-likeness (QED) is 0.200. The SMILES string of the molecule is CC1(C)c2ccccc2-c2ccc(C3=NC(c4ccc5c(ccc6c7ccc(-c8ccccc8)cc7oc56)c4)NC(c4ccccc4)N3)cc21. The van der Waals surface area contributed by atoms with E-state index in [9.17, 15) is 0 Å². The molecule has 0 bridgehead atoms. The highest BCUT2D eigenvalue weighted by atomic mass is 16.3. The van der Waals surface area contributed by atoms with E-state index in [0.29, 0.717) is 0 Å². The lowest BCUT2D eigenvalue weighted by Crippen LogP contribution is -2.45. The Balaban J connectivity index is 1.06. The lowest BCUT2D eigenvalue weighted by atomic mass is 9.82. The highest BCUT2D eigenvalue weighted by Crippen LogP contribution is 2.49. The fraction of sp³-hybridized carbons (Fsp3) is 0.109. The smallest absolute Gasteiger partial charge is 0.143 e. The highest BCUT2D eigenvalue weighted by Gasteiger charge is 2.36. The normalized spacial score (nSPS) is 17.8. The van der Waals surface area contributed by atoms with Crippen molar-refractivity contribution >= 4 is 38.5 Å². The van der Waals surface area contributed by atoms with Crippen molar-refractivity contribution in [3.05, 3.63) is 179 Å². The van der Waals surface area contributed by atoms with Gasteiger partial charge in [-0.25, -0.2) is 4.99 Å². The van der Waals surface area contributed by atoms with Crippen LogP contribution in [-0.4, -0.2) is 5.84 Å². The lowest BCUT2D eigenvalue weighted by molar-refractivity contribution is 0.409. The van der Waals surface area contributed by atoms with Gasteiger partial charge in [0.15, 0.2) is 0 Å². The van der Waals surface area contributed by atoms with Crippen molar-refractivity contribution in [1.82, 2.24) is 10.6 Å². The zero-order valence-corrected chi connectivity index (χ0v) is 27.9. The van der Waals surface area contributed by atoms with Crippen molar-refractivity contribution in [3.63, 3.8) is 0 Å². The van der Waals surface area contributed by atoms with E-state index in [0.717, 1.165) is 55.2 Å². The van der Waals surface area contributed by atoms with Crippen LogP contribution in [0, 0.1) is 0 Å². The molecule has 4 nitrogen and oxygen atoms in total. The summed E-state index contributed by atoms with van der Waals surface area (Å²) in [7, 11) is 0. The maximum absolute atomic E-state index is 6.59. The Bertz CT molecular complexity index is 2640. The van der Waals surface area contributed by atoms with Crippen LogP contribution in [0.3, 0.4) is 0 Å². The Morgan fingerprint density at radius 1 is 0.560 bits per heavy atom. The van der Waals surface area contributed by atoms with E-state index < -0.39 is 0 Å². The van der Waals surface area contributed by atoms with E-state index in [-0.39, 0.29) is 17.7 Å². The third-order valence-corrected chi connectivity index (χ3v) is 10.8. The predicted octanol–water partition coefficient (Wildman–Crippen LogP) is 11.0. The van der Waals surface area contributed by atoms with Crippen LogP contribution in [0.4, 0.5) is 0 Å². The molecule has 2 heterocycles. The second-order valence-corrected chi connectivity index (χ2v) is 14.1. The summed E-state index contributed by atoms with van der Waals surface area (Å²) in [6.07, 6.45) is -0.362. The van der Waals surface area contributed by atoms with Crippen LogP contribution in [0.2, 0.25) is 0 Å². The Hall–Kier alpha value is -5.97. The Morgan fingerprint density at radius 2 is 1.28 bits per heavy atom. The zero-order valence-electron chi connectivity index (χ0n) is 27.9. The summed E-state index contributed by atoms with van der Waals surface area (Å²) in [6, 6.07) is 54.2. The minimum atomic E-state index is -0.251. The summed E-state index contributed by atoms with van der Waals surface area (Å²) in [5.41, 5.74) is 12.8. The molecule has 2 aliphatic rings. The van der Waals surface area contributed by atoms with Crippen molar-refractivity contribution < 1.29 is 4.42 Å². The van der Waals surface area contributed by atoms with Crippen LogP contribution in [0.5, 0.6) is 0 Å². The largest absolute Gasteiger partial charge is 0.455 e. The number of nitrogens with zero attached hydrogens (tertiary/aromatic N) is 1. The van der Waals surface area contributed by atoms with Crippen molar-refractivity contribution in [1.29, 1.82) is 0 Å². The second-order valence-electron chi connectivity index (χ2n) is 14.1. The van der Waals surface area contributed by atoms with Gasteiger partial charge in [-0.3, -0.25) is 5.32 Å². The molecule has 0 spiro atoms.